The third-order valence-electron chi connectivity index (χ3n) is 2.76. The molecule has 0 spiro atoms. The number of phenolic OH excluding ortho intramolecular Hbond substituents is 1. The van der Waals surface area contributed by atoms with Crippen molar-refractivity contribution in [2.24, 2.45) is 0 Å². The molecule has 4 nitrogen and oxygen atoms in total. The van der Waals surface area contributed by atoms with E-state index in [0.29, 0.717) is 18.0 Å². The van der Waals surface area contributed by atoms with Crippen LogP contribution in [0.3, 0.4) is 0 Å². The molecule has 0 atom stereocenters. The van der Waals surface area contributed by atoms with Crippen LogP contribution in [0.25, 0.3) is 0 Å². The number of rotatable bonds is 3. The molecule has 0 fully saturated rings. The molecule has 2 rings (SSSR count). The van der Waals surface area contributed by atoms with Crippen molar-refractivity contribution in [1.82, 2.24) is 0 Å². The average molecular weight is 245 g/mol. The van der Waals surface area contributed by atoms with Crippen molar-refractivity contribution in [3.8, 4) is 5.75 Å². The molecule has 0 radical (unpaired) electrons. The van der Waals surface area contributed by atoms with Gasteiger partial charge in [0.2, 0.25) is 0 Å². The lowest BCUT2D eigenvalue weighted by Crippen LogP contribution is -2.30. The molecule has 1 aromatic heterocycles. The van der Waals surface area contributed by atoms with Gasteiger partial charge in [-0.3, -0.25) is 4.79 Å². The Morgan fingerprint density at radius 3 is 2.72 bits per heavy atom. The molecule has 1 heterocycles. The molecular formula is C14H15NO3. The van der Waals surface area contributed by atoms with Gasteiger partial charge in [-0.2, -0.15) is 0 Å². The predicted molar refractivity (Wildman–Crippen MR) is 68.9 cm³/mol. The van der Waals surface area contributed by atoms with E-state index in [0.717, 1.165) is 5.56 Å². The monoisotopic (exact) mass is 245 g/mol. The minimum absolute atomic E-state index is 0.134. The maximum Gasteiger partial charge on any atom is 0.294 e. The van der Waals surface area contributed by atoms with Crippen molar-refractivity contribution in [3.63, 3.8) is 0 Å². The first kappa shape index (κ1) is 12.2. The maximum absolute atomic E-state index is 12.3. The van der Waals surface area contributed by atoms with E-state index < -0.39 is 0 Å². The fourth-order valence-electron chi connectivity index (χ4n) is 1.82. The highest BCUT2D eigenvalue weighted by Gasteiger charge is 2.20. The molecule has 0 bridgehead atoms. The van der Waals surface area contributed by atoms with E-state index >= 15 is 0 Å². The lowest BCUT2D eigenvalue weighted by molar-refractivity contribution is 0.0961. The van der Waals surface area contributed by atoms with E-state index in [-0.39, 0.29) is 11.7 Å². The Labute approximate surface area is 105 Å². The fourth-order valence-corrected chi connectivity index (χ4v) is 1.82. The number of nitrogens with zero attached hydrogens (tertiary/aromatic N) is 1. The van der Waals surface area contributed by atoms with Crippen LogP contribution in [-0.4, -0.2) is 17.6 Å². The first-order valence-electron chi connectivity index (χ1n) is 5.78. The second-order valence-electron chi connectivity index (χ2n) is 4.00. The third kappa shape index (κ3) is 2.22. The molecule has 1 amide bonds. The van der Waals surface area contributed by atoms with E-state index in [1.54, 1.807) is 35.2 Å². The van der Waals surface area contributed by atoms with Crippen LogP contribution in [-0.2, 0) is 0 Å². The summed E-state index contributed by atoms with van der Waals surface area (Å²) < 4.78 is 5.21. The number of benzene rings is 1. The molecular weight excluding hydrogens is 230 g/mol. The number of aromatic hydroxyl groups is 1. The molecule has 0 aliphatic heterocycles. The first-order valence-corrected chi connectivity index (χ1v) is 5.78. The molecule has 0 unspecified atom stereocenters. The quantitative estimate of drug-likeness (QED) is 0.904. The van der Waals surface area contributed by atoms with Crippen molar-refractivity contribution in [3.05, 3.63) is 47.9 Å². The van der Waals surface area contributed by atoms with Gasteiger partial charge in [0.05, 0.1) is 6.26 Å². The number of carbonyl (C=O) groups excluding carboxylic acids is 1. The van der Waals surface area contributed by atoms with Crippen LogP contribution in [0.2, 0.25) is 0 Å². The van der Waals surface area contributed by atoms with Crippen LogP contribution in [0.1, 0.15) is 23.0 Å². The highest BCUT2D eigenvalue weighted by atomic mass is 16.3. The SMILES string of the molecule is CCN(C(=O)c1occc1C)c1cccc(O)c1. The van der Waals surface area contributed by atoms with Crippen LogP contribution in [0, 0.1) is 6.92 Å². The molecule has 4 heteroatoms. The number of aryl methyl sites for hydroxylation is 1. The molecule has 0 aliphatic carbocycles. The number of anilines is 1. The lowest BCUT2D eigenvalue weighted by atomic mass is 10.2. The average Bonchev–Trinajstić information content (AvgIpc) is 2.76. The molecule has 0 saturated carbocycles. The van der Waals surface area contributed by atoms with Crippen LogP contribution in [0.5, 0.6) is 5.75 Å². The van der Waals surface area contributed by atoms with E-state index in [2.05, 4.69) is 0 Å². The number of carbonyl (C=O) groups is 1. The first-order chi connectivity index (χ1) is 8.63. The second kappa shape index (κ2) is 4.96. The van der Waals surface area contributed by atoms with Crippen LogP contribution >= 0.6 is 0 Å². The predicted octanol–water partition coefficient (Wildman–Crippen LogP) is 2.96. The summed E-state index contributed by atoms with van der Waals surface area (Å²) in [5.74, 6) is 0.265. The topological polar surface area (TPSA) is 53.7 Å². The molecule has 18 heavy (non-hydrogen) atoms. The molecule has 1 N–H and O–H groups in total. The molecule has 2 aromatic rings. The Morgan fingerprint density at radius 1 is 1.39 bits per heavy atom. The van der Waals surface area contributed by atoms with Gasteiger partial charge < -0.3 is 14.4 Å². The molecule has 1 aromatic carbocycles. The van der Waals surface area contributed by atoms with Crippen molar-refractivity contribution < 1.29 is 14.3 Å². The second-order valence-corrected chi connectivity index (χ2v) is 4.00. The minimum atomic E-state index is -0.203. The highest BCUT2D eigenvalue weighted by molar-refractivity contribution is 6.05. The zero-order chi connectivity index (χ0) is 13.1. The number of furan rings is 1. The van der Waals surface area contributed by atoms with Crippen LogP contribution < -0.4 is 4.90 Å². The summed E-state index contributed by atoms with van der Waals surface area (Å²) in [5, 5.41) is 9.46. The maximum atomic E-state index is 12.3. The summed E-state index contributed by atoms with van der Waals surface area (Å²) in [5.41, 5.74) is 1.46. The van der Waals surface area contributed by atoms with E-state index in [4.69, 9.17) is 4.42 Å². The van der Waals surface area contributed by atoms with Crippen molar-refractivity contribution in [2.45, 2.75) is 13.8 Å². The molecule has 94 valence electrons. The number of phenols is 1. The Kier molecular flexibility index (Phi) is 3.37. The van der Waals surface area contributed by atoms with Gasteiger partial charge in [0.1, 0.15) is 5.75 Å². The summed E-state index contributed by atoms with van der Waals surface area (Å²) in [4.78, 5) is 13.9. The number of hydrogen-bond acceptors (Lipinski definition) is 3. The summed E-state index contributed by atoms with van der Waals surface area (Å²) in [6, 6.07) is 8.36. The number of hydrogen-bond donors (Lipinski definition) is 1. The fraction of sp³-hybridized carbons (Fsp3) is 0.214. The normalized spacial score (nSPS) is 10.3. The lowest BCUT2D eigenvalue weighted by Gasteiger charge is -2.20. The van der Waals surface area contributed by atoms with Crippen molar-refractivity contribution >= 4 is 11.6 Å². The van der Waals surface area contributed by atoms with Gasteiger partial charge in [-0.25, -0.2) is 0 Å². The Balaban J connectivity index is 2.35. The number of amides is 1. The third-order valence-corrected chi connectivity index (χ3v) is 2.76. The summed E-state index contributed by atoms with van der Waals surface area (Å²) >= 11 is 0. The van der Waals surface area contributed by atoms with Gasteiger partial charge in [0, 0.05) is 23.9 Å². The molecule has 0 saturated heterocycles. The van der Waals surface area contributed by atoms with Gasteiger partial charge in [-0.05, 0) is 32.0 Å². The summed E-state index contributed by atoms with van der Waals surface area (Å²) in [6.45, 7) is 4.20. The van der Waals surface area contributed by atoms with E-state index in [9.17, 15) is 9.90 Å². The largest absolute Gasteiger partial charge is 0.508 e. The van der Waals surface area contributed by atoms with Crippen LogP contribution in [0.4, 0.5) is 5.69 Å². The summed E-state index contributed by atoms with van der Waals surface area (Å²) in [6.07, 6.45) is 1.50. The van der Waals surface area contributed by atoms with Gasteiger partial charge in [-0.15, -0.1) is 0 Å². The van der Waals surface area contributed by atoms with E-state index in [1.165, 1.54) is 6.26 Å². The van der Waals surface area contributed by atoms with Gasteiger partial charge in [0.25, 0.3) is 5.91 Å². The Hall–Kier alpha value is -2.23. The smallest absolute Gasteiger partial charge is 0.294 e. The van der Waals surface area contributed by atoms with Crippen molar-refractivity contribution in [1.29, 1.82) is 0 Å². The highest BCUT2D eigenvalue weighted by Crippen LogP contribution is 2.22. The zero-order valence-electron chi connectivity index (χ0n) is 10.4. The van der Waals surface area contributed by atoms with Gasteiger partial charge in [0.15, 0.2) is 5.76 Å². The standard InChI is InChI=1S/C14H15NO3/c1-3-15(11-5-4-6-12(16)9-11)14(17)13-10(2)7-8-18-13/h4-9,16H,3H2,1-2H3. The Morgan fingerprint density at radius 2 is 2.17 bits per heavy atom. The minimum Gasteiger partial charge on any atom is -0.508 e. The Bertz CT molecular complexity index is 560. The molecule has 0 aliphatic rings. The van der Waals surface area contributed by atoms with Crippen LogP contribution in [0.15, 0.2) is 41.0 Å². The van der Waals surface area contributed by atoms with Gasteiger partial charge >= 0.3 is 0 Å². The summed E-state index contributed by atoms with van der Waals surface area (Å²) in [7, 11) is 0. The van der Waals surface area contributed by atoms with E-state index in [1.807, 2.05) is 13.8 Å². The van der Waals surface area contributed by atoms with Gasteiger partial charge in [-0.1, -0.05) is 6.07 Å². The van der Waals surface area contributed by atoms with Crippen molar-refractivity contribution in [2.75, 3.05) is 11.4 Å². The zero-order valence-corrected chi connectivity index (χ0v) is 10.4.